The maximum absolute atomic E-state index is 11.5. The molecule has 0 aliphatic carbocycles. The molecule has 0 radical (unpaired) electrons. The summed E-state index contributed by atoms with van der Waals surface area (Å²) in [6.07, 6.45) is 0.368. The van der Waals surface area contributed by atoms with E-state index >= 15 is 0 Å². The maximum atomic E-state index is 11.5. The third kappa shape index (κ3) is 4.95. The average Bonchev–Trinajstić information content (AvgIpc) is 2.25. The van der Waals surface area contributed by atoms with Crippen LogP contribution >= 0.6 is 11.8 Å². The van der Waals surface area contributed by atoms with Crippen molar-refractivity contribution in [3.05, 3.63) is 0 Å². The summed E-state index contributed by atoms with van der Waals surface area (Å²) < 4.78 is 0. The molecular weight excluding hydrogens is 240 g/mol. The van der Waals surface area contributed by atoms with Crippen molar-refractivity contribution in [2.45, 2.75) is 32.4 Å². The molecule has 1 aliphatic rings. The van der Waals surface area contributed by atoms with Crippen molar-refractivity contribution < 1.29 is 14.7 Å². The molecule has 1 amide bonds. The lowest BCUT2D eigenvalue weighted by molar-refractivity contribution is -0.142. The Morgan fingerprint density at radius 1 is 1.53 bits per heavy atom. The van der Waals surface area contributed by atoms with Crippen LogP contribution in [0.25, 0.3) is 0 Å². The summed E-state index contributed by atoms with van der Waals surface area (Å²) in [7, 11) is 0. The number of hydrogen-bond acceptors (Lipinski definition) is 4. The summed E-state index contributed by atoms with van der Waals surface area (Å²) in [6.45, 7) is 5.09. The summed E-state index contributed by atoms with van der Waals surface area (Å²) in [5.74, 6) is 0.750. The zero-order chi connectivity index (χ0) is 12.8. The highest BCUT2D eigenvalue weighted by molar-refractivity contribution is 7.99. The summed E-state index contributed by atoms with van der Waals surface area (Å²) in [4.78, 5) is 24.4. The topological polar surface area (TPSA) is 69.6 Å². The molecule has 0 aromatic heterocycles. The van der Waals surface area contributed by atoms with Gasteiger partial charge in [0.15, 0.2) is 0 Å². The third-order valence-electron chi connectivity index (χ3n) is 2.60. The van der Waals surface area contributed by atoms with Gasteiger partial charge in [0.25, 0.3) is 0 Å². The van der Waals surface area contributed by atoms with E-state index < -0.39 is 12.0 Å². The quantitative estimate of drug-likeness (QED) is 0.749. The van der Waals surface area contributed by atoms with Crippen LogP contribution in [0.5, 0.6) is 0 Å². The molecule has 98 valence electrons. The molecule has 1 saturated heterocycles. The molecule has 0 bridgehead atoms. The van der Waals surface area contributed by atoms with Gasteiger partial charge in [0.1, 0.15) is 6.04 Å². The van der Waals surface area contributed by atoms with E-state index in [1.54, 1.807) is 11.8 Å². The second-order valence-corrected chi connectivity index (χ2v) is 5.59. The minimum absolute atomic E-state index is 0.0117. The van der Waals surface area contributed by atoms with Crippen LogP contribution in [-0.4, -0.2) is 58.6 Å². The summed E-state index contributed by atoms with van der Waals surface area (Å²) in [5.41, 5.74) is 0. The standard InChI is InChI=1S/C11H20N2O3S/c1-8(2)12-10(14)3-4-13-5-6-17-7-9(13)11(15)16/h8-9H,3-7H2,1-2H3,(H,12,14)(H,15,16). The first-order valence-electron chi connectivity index (χ1n) is 5.84. The van der Waals surface area contributed by atoms with E-state index in [4.69, 9.17) is 5.11 Å². The Morgan fingerprint density at radius 3 is 2.82 bits per heavy atom. The molecule has 1 fully saturated rings. The van der Waals surface area contributed by atoms with E-state index in [1.807, 2.05) is 18.7 Å². The smallest absolute Gasteiger partial charge is 0.321 e. The fraction of sp³-hybridized carbons (Fsp3) is 0.818. The lowest BCUT2D eigenvalue weighted by Crippen LogP contribution is -2.48. The lowest BCUT2D eigenvalue weighted by atomic mass is 10.2. The van der Waals surface area contributed by atoms with Crippen molar-refractivity contribution in [3.63, 3.8) is 0 Å². The molecule has 0 spiro atoms. The van der Waals surface area contributed by atoms with Crippen molar-refractivity contribution in [2.24, 2.45) is 0 Å². The van der Waals surface area contributed by atoms with E-state index in [0.29, 0.717) is 18.7 Å². The Hall–Kier alpha value is -0.750. The van der Waals surface area contributed by atoms with Gasteiger partial charge in [0.2, 0.25) is 5.91 Å². The van der Waals surface area contributed by atoms with Gasteiger partial charge < -0.3 is 10.4 Å². The predicted molar refractivity (Wildman–Crippen MR) is 68.2 cm³/mol. The van der Waals surface area contributed by atoms with Crippen molar-refractivity contribution >= 4 is 23.6 Å². The Bertz CT molecular complexity index is 284. The normalized spacial score (nSPS) is 21.5. The van der Waals surface area contributed by atoms with Crippen molar-refractivity contribution in [2.75, 3.05) is 24.6 Å². The van der Waals surface area contributed by atoms with Crippen LogP contribution in [0.15, 0.2) is 0 Å². The number of nitrogens with one attached hydrogen (secondary N) is 1. The van der Waals surface area contributed by atoms with Gasteiger partial charge in [-0.1, -0.05) is 0 Å². The number of carboxylic acid groups (broad SMARTS) is 1. The number of amides is 1. The first kappa shape index (κ1) is 14.3. The van der Waals surface area contributed by atoms with Gasteiger partial charge >= 0.3 is 5.97 Å². The first-order valence-corrected chi connectivity index (χ1v) is 7.00. The Balaban J connectivity index is 2.38. The monoisotopic (exact) mass is 260 g/mol. The summed E-state index contributed by atoms with van der Waals surface area (Å²) >= 11 is 1.66. The van der Waals surface area contributed by atoms with E-state index in [-0.39, 0.29) is 11.9 Å². The number of carbonyl (C=O) groups excluding carboxylic acids is 1. The maximum Gasteiger partial charge on any atom is 0.321 e. The SMILES string of the molecule is CC(C)NC(=O)CCN1CCSCC1C(=O)O. The number of hydrogen-bond donors (Lipinski definition) is 2. The fourth-order valence-corrected chi connectivity index (χ4v) is 2.88. The number of thioether (sulfide) groups is 1. The molecular formula is C11H20N2O3S. The van der Waals surface area contributed by atoms with Crippen molar-refractivity contribution in [1.29, 1.82) is 0 Å². The van der Waals surface area contributed by atoms with E-state index in [9.17, 15) is 9.59 Å². The Kier molecular flexibility index (Phi) is 5.77. The minimum Gasteiger partial charge on any atom is -0.480 e. The Morgan fingerprint density at radius 2 is 2.24 bits per heavy atom. The minimum atomic E-state index is -0.790. The fourth-order valence-electron chi connectivity index (χ4n) is 1.77. The van der Waals surface area contributed by atoms with Gasteiger partial charge in [0.05, 0.1) is 0 Å². The Labute approximate surface area is 106 Å². The van der Waals surface area contributed by atoms with Crippen LogP contribution in [0.1, 0.15) is 20.3 Å². The van der Waals surface area contributed by atoms with Crippen LogP contribution < -0.4 is 5.32 Å². The van der Waals surface area contributed by atoms with Gasteiger partial charge in [-0.2, -0.15) is 11.8 Å². The second kappa shape index (κ2) is 6.86. The highest BCUT2D eigenvalue weighted by atomic mass is 32.2. The zero-order valence-electron chi connectivity index (χ0n) is 10.3. The van der Waals surface area contributed by atoms with Crippen molar-refractivity contribution in [1.82, 2.24) is 10.2 Å². The molecule has 5 nitrogen and oxygen atoms in total. The predicted octanol–water partition coefficient (Wildman–Crippen LogP) is 0.403. The molecule has 1 atom stereocenters. The molecule has 0 saturated carbocycles. The molecule has 2 N–H and O–H groups in total. The number of carbonyl (C=O) groups is 2. The zero-order valence-corrected chi connectivity index (χ0v) is 11.1. The first-order chi connectivity index (χ1) is 8.00. The molecule has 6 heteroatoms. The van der Waals surface area contributed by atoms with Crippen LogP contribution in [0, 0.1) is 0 Å². The largest absolute Gasteiger partial charge is 0.480 e. The highest BCUT2D eigenvalue weighted by Crippen LogP contribution is 2.16. The van der Waals surface area contributed by atoms with Gasteiger partial charge in [-0.25, -0.2) is 0 Å². The van der Waals surface area contributed by atoms with Crippen molar-refractivity contribution in [3.8, 4) is 0 Å². The molecule has 17 heavy (non-hydrogen) atoms. The van der Waals surface area contributed by atoms with Crippen LogP contribution in [-0.2, 0) is 9.59 Å². The van der Waals surface area contributed by atoms with E-state index in [1.165, 1.54) is 0 Å². The average molecular weight is 260 g/mol. The van der Waals surface area contributed by atoms with Crippen LogP contribution in [0.2, 0.25) is 0 Å². The van der Waals surface area contributed by atoms with Gasteiger partial charge in [0, 0.05) is 37.1 Å². The summed E-state index contributed by atoms with van der Waals surface area (Å²) in [6, 6.07) is -0.310. The van der Waals surface area contributed by atoms with E-state index in [0.717, 1.165) is 12.3 Å². The molecule has 0 aromatic rings. The highest BCUT2D eigenvalue weighted by Gasteiger charge is 2.28. The van der Waals surface area contributed by atoms with Gasteiger partial charge in [-0.05, 0) is 13.8 Å². The second-order valence-electron chi connectivity index (χ2n) is 4.44. The number of aliphatic carboxylic acids is 1. The van der Waals surface area contributed by atoms with Crippen LogP contribution in [0.4, 0.5) is 0 Å². The number of nitrogens with zero attached hydrogens (tertiary/aromatic N) is 1. The summed E-state index contributed by atoms with van der Waals surface area (Å²) in [5, 5.41) is 11.9. The lowest BCUT2D eigenvalue weighted by Gasteiger charge is -2.32. The number of rotatable bonds is 5. The van der Waals surface area contributed by atoms with E-state index in [2.05, 4.69) is 5.32 Å². The van der Waals surface area contributed by atoms with Gasteiger partial charge in [-0.3, -0.25) is 14.5 Å². The third-order valence-corrected chi connectivity index (χ3v) is 3.62. The number of carboxylic acids is 1. The molecule has 1 heterocycles. The molecule has 1 aliphatic heterocycles. The van der Waals surface area contributed by atoms with Crippen LogP contribution in [0.3, 0.4) is 0 Å². The molecule has 0 aromatic carbocycles. The van der Waals surface area contributed by atoms with Gasteiger partial charge in [-0.15, -0.1) is 0 Å². The molecule has 1 rings (SSSR count). The molecule has 1 unspecified atom stereocenters.